The number of nitro groups is 1. The van der Waals surface area contributed by atoms with Crippen molar-refractivity contribution in [1.82, 2.24) is 9.97 Å². The summed E-state index contributed by atoms with van der Waals surface area (Å²) in [6, 6.07) is 5.94. The second kappa shape index (κ2) is 8.89. The van der Waals surface area contributed by atoms with E-state index in [0.717, 1.165) is 0 Å². The zero-order valence-electron chi connectivity index (χ0n) is 19.9. The van der Waals surface area contributed by atoms with Crippen LogP contribution in [-0.2, 0) is 0 Å². The van der Waals surface area contributed by atoms with Crippen LogP contribution in [0.4, 0.5) is 11.4 Å². The van der Waals surface area contributed by atoms with Crippen LogP contribution in [0.1, 0.15) is 32.5 Å². The molecule has 3 heterocycles. The van der Waals surface area contributed by atoms with Crippen LogP contribution in [0, 0.1) is 10.1 Å². The van der Waals surface area contributed by atoms with E-state index < -0.39 is 16.8 Å². The lowest BCUT2D eigenvalue weighted by molar-refractivity contribution is -0.383. The minimum absolute atomic E-state index is 0.0695. The lowest BCUT2D eigenvalue weighted by Crippen LogP contribution is -2.30. The molecule has 37 heavy (non-hydrogen) atoms. The summed E-state index contributed by atoms with van der Waals surface area (Å²) in [5.74, 6) is -0.849. The number of carboxylic acid groups (broad SMARTS) is 1. The fourth-order valence-corrected chi connectivity index (χ4v) is 5.18. The quantitative estimate of drug-likeness (QED) is 0.182. The number of carbonyl (C=O) groups excluding carboxylic acids is 1. The molecule has 1 atom stereocenters. The van der Waals surface area contributed by atoms with Crippen LogP contribution in [0.3, 0.4) is 0 Å². The van der Waals surface area contributed by atoms with Crippen molar-refractivity contribution in [2.24, 2.45) is 0 Å². The zero-order valence-corrected chi connectivity index (χ0v) is 20.6. The van der Waals surface area contributed by atoms with E-state index in [2.05, 4.69) is 9.97 Å². The van der Waals surface area contributed by atoms with Crippen molar-refractivity contribution in [3.8, 4) is 17.2 Å². The minimum Gasteiger partial charge on any atom is -0.493 e. The number of amides is 1. The number of nitrogens with one attached hydrogen (secondary N) is 2. The maximum atomic E-state index is 13.8. The first-order valence-electron chi connectivity index (χ1n) is 11.0. The van der Waals surface area contributed by atoms with Crippen molar-refractivity contribution in [2.45, 2.75) is 5.92 Å². The number of methoxy groups -OCH3 is 3. The number of aromatic amines is 2. The number of hydrogen-bond donors (Lipinski definition) is 3. The smallest absolute Gasteiger partial charge is 0.352 e. The maximum Gasteiger partial charge on any atom is 0.352 e. The Kier molecular flexibility index (Phi) is 5.83. The Balaban J connectivity index is 1.68. The standard InChI is InChI=1S/C24H21ClN4O8/c1-35-17-5-10-4-13(26-19(10)22(37-3)21(17)36-2)23(30)28-9-11(8-25)18-12-6-14(24(31)32)27-20(12)16(29(33)34)7-15(18)28/h4-7,11,26-27H,8-9H2,1-3H3,(H,31,32). The van der Waals surface area contributed by atoms with Gasteiger partial charge in [0.05, 0.1) is 37.5 Å². The minimum atomic E-state index is -1.26. The first-order valence-corrected chi connectivity index (χ1v) is 11.5. The maximum absolute atomic E-state index is 13.8. The summed E-state index contributed by atoms with van der Waals surface area (Å²) in [7, 11) is 4.42. The summed E-state index contributed by atoms with van der Waals surface area (Å²) in [6.07, 6.45) is 0. The molecule has 5 rings (SSSR count). The molecule has 13 heteroatoms. The van der Waals surface area contributed by atoms with Crippen LogP contribution < -0.4 is 19.1 Å². The van der Waals surface area contributed by atoms with E-state index in [1.807, 2.05) is 0 Å². The van der Waals surface area contributed by atoms with Gasteiger partial charge in [0.15, 0.2) is 11.5 Å². The number of hydrogen-bond acceptors (Lipinski definition) is 7. The Bertz CT molecular complexity index is 1610. The fourth-order valence-electron chi connectivity index (χ4n) is 4.93. The summed E-state index contributed by atoms with van der Waals surface area (Å²) in [6.45, 7) is 0.153. The van der Waals surface area contributed by atoms with E-state index in [1.165, 1.54) is 38.4 Å². The van der Waals surface area contributed by atoms with Crippen LogP contribution in [0.25, 0.3) is 21.8 Å². The fraction of sp³-hybridized carbons (Fsp3) is 0.250. The van der Waals surface area contributed by atoms with Gasteiger partial charge < -0.3 is 34.2 Å². The van der Waals surface area contributed by atoms with Crippen LogP contribution in [0.2, 0.25) is 0 Å². The van der Waals surface area contributed by atoms with Gasteiger partial charge in [-0.1, -0.05) is 0 Å². The Morgan fingerprint density at radius 2 is 1.78 bits per heavy atom. The van der Waals surface area contributed by atoms with Gasteiger partial charge in [-0.2, -0.15) is 0 Å². The van der Waals surface area contributed by atoms with Gasteiger partial charge in [0.25, 0.3) is 11.6 Å². The second-order valence-electron chi connectivity index (χ2n) is 8.42. The number of anilines is 1. The number of alkyl halides is 1. The molecule has 0 radical (unpaired) electrons. The Labute approximate surface area is 213 Å². The average Bonchev–Trinajstić information content (AvgIpc) is 3.60. The van der Waals surface area contributed by atoms with Crippen LogP contribution >= 0.6 is 11.6 Å². The number of nitrogens with zero attached hydrogens (tertiary/aromatic N) is 2. The molecule has 2 aromatic heterocycles. The molecule has 192 valence electrons. The summed E-state index contributed by atoms with van der Waals surface area (Å²) in [5, 5.41) is 22.3. The highest BCUT2D eigenvalue weighted by molar-refractivity contribution is 6.19. The van der Waals surface area contributed by atoms with E-state index >= 15 is 0 Å². The molecule has 3 N–H and O–H groups in total. The molecule has 0 fully saturated rings. The molecule has 0 saturated carbocycles. The summed E-state index contributed by atoms with van der Waals surface area (Å²) < 4.78 is 16.3. The Morgan fingerprint density at radius 3 is 2.38 bits per heavy atom. The predicted molar refractivity (Wildman–Crippen MR) is 135 cm³/mol. The van der Waals surface area contributed by atoms with Gasteiger partial charge >= 0.3 is 5.97 Å². The second-order valence-corrected chi connectivity index (χ2v) is 8.73. The van der Waals surface area contributed by atoms with Crippen LogP contribution in [0.15, 0.2) is 24.3 Å². The Morgan fingerprint density at radius 1 is 1.08 bits per heavy atom. The third kappa shape index (κ3) is 3.59. The lowest BCUT2D eigenvalue weighted by atomic mass is 9.98. The molecule has 1 aliphatic rings. The van der Waals surface area contributed by atoms with Crippen molar-refractivity contribution in [1.29, 1.82) is 0 Å². The zero-order chi connectivity index (χ0) is 26.6. The number of fused-ring (bicyclic) bond motifs is 4. The highest BCUT2D eigenvalue weighted by Gasteiger charge is 2.38. The highest BCUT2D eigenvalue weighted by Crippen LogP contribution is 2.47. The van der Waals surface area contributed by atoms with Crippen molar-refractivity contribution in [3.05, 3.63) is 51.3 Å². The molecule has 0 aliphatic carbocycles. The van der Waals surface area contributed by atoms with Crippen LogP contribution in [0.5, 0.6) is 17.2 Å². The van der Waals surface area contributed by atoms with Crippen molar-refractivity contribution >= 4 is 56.7 Å². The molecule has 2 aromatic carbocycles. The van der Waals surface area contributed by atoms with E-state index in [-0.39, 0.29) is 40.9 Å². The average molecular weight is 529 g/mol. The normalized spacial score (nSPS) is 14.7. The molecule has 12 nitrogen and oxygen atoms in total. The summed E-state index contributed by atoms with van der Waals surface area (Å²) >= 11 is 6.24. The number of carboxylic acids is 1. The number of aromatic nitrogens is 2. The van der Waals surface area contributed by atoms with Gasteiger partial charge in [-0.15, -0.1) is 11.6 Å². The number of non-ortho nitro benzene ring substituents is 1. The summed E-state index contributed by atoms with van der Waals surface area (Å²) in [5.41, 5.74) is 1.11. The molecule has 0 bridgehead atoms. The molecule has 1 amide bonds. The molecular formula is C24H21ClN4O8. The SMILES string of the molecule is COc1cc2cc(C(=O)N3CC(CCl)c4c3cc([N+](=O)[O-])c3[nH]c(C(=O)O)cc43)[nH]c2c(OC)c1OC. The number of halogens is 1. The number of aromatic carboxylic acids is 1. The number of H-pyrrole nitrogens is 2. The van der Waals surface area contributed by atoms with Gasteiger partial charge in [0.1, 0.15) is 16.9 Å². The third-order valence-corrected chi connectivity index (χ3v) is 6.90. The number of rotatable bonds is 7. The molecule has 0 spiro atoms. The largest absolute Gasteiger partial charge is 0.493 e. The van der Waals surface area contributed by atoms with E-state index in [4.69, 9.17) is 25.8 Å². The van der Waals surface area contributed by atoms with Gasteiger partial charge in [-0.25, -0.2) is 4.79 Å². The Hall–Kier alpha value is -4.45. The van der Waals surface area contributed by atoms with Crippen molar-refractivity contribution < 1.29 is 33.8 Å². The number of nitro benzene ring substituents is 1. The number of ether oxygens (including phenoxy) is 3. The number of carbonyl (C=O) groups is 2. The molecule has 4 aromatic rings. The summed E-state index contributed by atoms with van der Waals surface area (Å²) in [4.78, 5) is 43.7. The first-order chi connectivity index (χ1) is 17.7. The third-order valence-electron chi connectivity index (χ3n) is 6.52. The monoisotopic (exact) mass is 528 g/mol. The molecule has 1 aliphatic heterocycles. The van der Waals surface area contributed by atoms with Crippen LogP contribution in [-0.4, -0.2) is 65.6 Å². The van der Waals surface area contributed by atoms with E-state index in [0.29, 0.717) is 44.8 Å². The van der Waals surface area contributed by atoms with Crippen molar-refractivity contribution in [3.63, 3.8) is 0 Å². The molecular weight excluding hydrogens is 508 g/mol. The first kappa shape index (κ1) is 24.3. The topological polar surface area (TPSA) is 160 Å². The number of benzene rings is 2. The molecule has 1 unspecified atom stereocenters. The van der Waals surface area contributed by atoms with Gasteiger partial charge in [-0.3, -0.25) is 14.9 Å². The predicted octanol–water partition coefficient (Wildman–Crippen LogP) is 4.26. The highest BCUT2D eigenvalue weighted by atomic mass is 35.5. The van der Waals surface area contributed by atoms with E-state index in [9.17, 15) is 24.8 Å². The van der Waals surface area contributed by atoms with Gasteiger partial charge in [0, 0.05) is 35.2 Å². The van der Waals surface area contributed by atoms with E-state index in [1.54, 1.807) is 12.1 Å². The van der Waals surface area contributed by atoms with Crippen molar-refractivity contribution in [2.75, 3.05) is 38.7 Å². The van der Waals surface area contributed by atoms with Gasteiger partial charge in [0.2, 0.25) is 5.75 Å². The molecule has 0 saturated heterocycles. The lowest BCUT2D eigenvalue weighted by Gasteiger charge is -2.17. The van der Waals surface area contributed by atoms with Gasteiger partial charge in [-0.05, 0) is 23.8 Å².